The Kier molecular flexibility index (Phi) is 4.41. The minimum absolute atomic E-state index is 0.230. The Bertz CT molecular complexity index is 1130. The van der Waals surface area contributed by atoms with E-state index in [4.69, 9.17) is 16.6 Å². The van der Waals surface area contributed by atoms with Crippen molar-refractivity contribution < 1.29 is 4.79 Å². The van der Waals surface area contributed by atoms with E-state index < -0.39 is 0 Å². The topological polar surface area (TPSA) is 64.7 Å². The molecule has 2 heterocycles. The number of halogens is 1. The van der Waals surface area contributed by atoms with Gasteiger partial charge in [-0.2, -0.15) is 9.78 Å². The van der Waals surface area contributed by atoms with Gasteiger partial charge in [0.1, 0.15) is 5.82 Å². The smallest absolute Gasteiger partial charge is 0.256 e. The highest BCUT2D eigenvalue weighted by Crippen LogP contribution is 2.23. The van der Waals surface area contributed by atoms with E-state index in [1.54, 1.807) is 28.9 Å². The molecule has 4 rings (SSSR count). The number of anilines is 1. The summed E-state index contributed by atoms with van der Waals surface area (Å²) in [6, 6.07) is 16.5. The zero-order chi connectivity index (χ0) is 19.0. The molecule has 0 aliphatic rings. The van der Waals surface area contributed by atoms with Crippen LogP contribution in [0.25, 0.3) is 17.0 Å². The average Bonchev–Trinajstić information content (AvgIpc) is 3.21. The summed E-state index contributed by atoms with van der Waals surface area (Å²) in [6.45, 7) is 4.67. The number of benzene rings is 2. The Balaban J connectivity index is 1.76. The van der Waals surface area contributed by atoms with E-state index in [1.807, 2.05) is 37.3 Å². The predicted molar refractivity (Wildman–Crippen MR) is 107 cm³/mol. The lowest BCUT2D eigenvalue weighted by atomic mass is 10.2. The summed E-state index contributed by atoms with van der Waals surface area (Å²) < 4.78 is 3.74. The van der Waals surface area contributed by atoms with Crippen LogP contribution in [0, 0.1) is 6.92 Å². The van der Waals surface area contributed by atoms with Crippen molar-refractivity contribution in [3.8, 4) is 5.95 Å². The highest BCUT2D eigenvalue weighted by Gasteiger charge is 2.18. The van der Waals surface area contributed by atoms with Gasteiger partial charge in [-0.05, 0) is 50.2 Å². The van der Waals surface area contributed by atoms with Crippen LogP contribution in [0.1, 0.15) is 23.0 Å². The molecule has 7 heteroatoms. The zero-order valence-corrected chi connectivity index (χ0v) is 15.7. The molecule has 1 N–H and O–H groups in total. The van der Waals surface area contributed by atoms with Crippen LogP contribution in [0.2, 0.25) is 5.02 Å². The Morgan fingerprint density at radius 3 is 2.63 bits per heavy atom. The number of imidazole rings is 1. The first-order chi connectivity index (χ1) is 13.1. The fraction of sp³-hybridized carbons (Fsp3) is 0.150. The molecule has 0 aliphatic carbocycles. The maximum atomic E-state index is 12.6. The Morgan fingerprint density at radius 1 is 1.15 bits per heavy atom. The van der Waals surface area contributed by atoms with Crippen LogP contribution < -0.4 is 5.32 Å². The van der Waals surface area contributed by atoms with E-state index in [0.29, 0.717) is 22.4 Å². The predicted octanol–water partition coefficient (Wildman–Crippen LogP) is 4.46. The normalized spacial score (nSPS) is 11.1. The largest absolute Gasteiger partial charge is 0.309 e. The molecule has 0 saturated heterocycles. The summed E-state index contributed by atoms with van der Waals surface area (Å²) in [6.07, 6.45) is 0. The van der Waals surface area contributed by atoms with Gasteiger partial charge < -0.3 is 9.88 Å². The van der Waals surface area contributed by atoms with E-state index in [2.05, 4.69) is 21.9 Å². The van der Waals surface area contributed by atoms with Gasteiger partial charge in [-0.25, -0.2) is 4.98 Å². The molecule has 0 fully saturated rings. The van der Waals surface area contributed by atoms with Gasteiger partial charge in [0.15, 0.2) is 0 Å². The fourth-order valence-corrected chi connectivity index (χ4v) is 3.19. The van der Waals surface area contributed by atoms with Gasteiger partial charge in [-0.15, -0.1) is 0 Å². The van der Waals surface area contributed by atoms with Crippen LogP contribution in [-0.4, -0.2) is 25.2 Å². The molecule has 6 nitrogen and oxygen atoms in total. The van der Waals surface area contributed by atoms with Crippen molar-refractivity contribution in [3.05, 3.63) is 70.9 Å². The molecule has 0 atom stereocenters. The van der Waals surface area contributed by atoms with Crippen LogP contribution in [0.5, 0.6) is 0 Å². The first-order valence-corrected chi connectivity index (χ1v) is 9.04. The number of hydrogen-bond acceptors (Lipinski definition) is 3. The first-order valence-electron chi connectivity index (χ1n) is 8.66. The minimum Gasteiger partial charge on any atom is -0.309 e. The average molecular weight is 380 g/mol. The number of nitrogens with zero attached hydrogens (tertiary/aromatic N) is 4. The molecule has 0 bridgehead atoms. The maximum absolute atomic E-state index is 12.6. The monoisotopic (exact) mass is 379 g/mol. The number of hydrogen-bond donors (Lipinski definition) is 1. The lowest BCUT2D eigenvalue weighted by Crippen LogP contribution is -2.17. The number of para-hydroxylation sites is 2. The second kappa shape index (κ2) is 6.89. The molecule has 0 unspecified atom stereocenters. The Labute approximate surface area is 161 Å². The van der Waals surface area contributed by atoms with Crippen LogP contribution in [0.3, 0.4) is 0 Å². The van der Waals surface area contributed by atoms with Crippen molar-refractivity contribution in [2.45, 2.75) is 20.4 Å². The van der Waals surface area contributed by atoms with Crippen molar-refractivity contribution >= 4 is 34.4 Å². The molecular formula is C20H18ClN5O. The molecule has 136 valence electrons. The van der Waals surface area contributed by atoms with Crippen LogP contribution in [-0.2, 0) is 6.54 Å². The first kappa shape index (κ1) is 17.3. The van der Waals surface area contributed by atoms with Gasteiger partial charge >= 0.3 is 0 Å². The third-order valence-corrected chi connectivity index (χ3v) is 4.57. The van der Waals surface area contributed by atoms with Crippen molar-refractivity contribution in [3.63, 3.8) is 0 Å². The number of rotatable bonds is 4. The number of nitrogens with one attached hydrogen (secondary N) is 1. The van der Waals surface area contributed by atoms with E-state index >= 15 is 0 Å². The summed E-state index contributed by atoms with van der Waals surface area (Å²) in [5, 5.41) is 8.06. The third kappa shape index (κ3) is 3.19. The van der Waals surface area contributed by atoms with Crippen LogP contribution >= 0.6 is 11.6 Å². The zero-order valence-electron chi connectivity index (χ0n) is 15.0. The molecule has 0 saturated carbocycles. The van der Waals surface area contributed by atoms with Gasteiger partial charge in [0.2, 0.25) is 5.95 Å². The van der Waals surface area contributed by atoms with Crippen LogP contribution in [0.15, 0.2) is 54.6 Å². The molecule has 0 spiro atoms. The van der Waals surface area contributed by atoms with Crippen LogP contribution in [0.4, 0.5) is 5.82 Å². The van der Waals surface area contributed by atoms with Gasteiger partial charge in [0.05, 0.1) is 16.7 Å². The number of carbonyl (C=O) groups excluding carboxylic acids is 1. The number of carbonyl (C=O) groups is 1. The molecular weight excluding hydrogens is 362 g/mol. The summed E-state index contributed by atoms with van der Waals surface area (Å²) in [7, 11) is 0. The molecule has 2 aromatic carbocycles. The molecule has 0 radical (unpaired) electrons. The lowest BCUT2D eigenvalue weighted by molar-refractivity contribution is 0.102. The van der Waals surface area contributed by atoms with Gasteiger partial charge in [-0.3, -0.25) is 4.79 Å². The lowest BCUT2D eigenvalue weighted by Gasteiger charge is -2.10. The van der Waals surface area contributed by atoms with E-state index in [9.17, 15) is 4.79 Å². The summed E-state index contributed by atoms with van der Waals surface area (Å²) in [4.78, 5) is 17.3. The summed E-state index contributed by atoms with van der Waals surface area (Å²) in [5.74, 6) is 1.00. The van der Waals surface area contributed by atoms with Crippen molar-refractivity contribution in [1.29, 1.82) is 0 Å². The van der Waals surface area contributed by atoms with Gasteiger partial charge in [-0.1, -0.05) is 23.7 Å². The quantitative estimate of drug-likeness (QED) is 0.569. The maximum Gasteiger partial charge on any atom is 0.256 e. The van der Waals surface area contributed by atoms with E-state index in [1.165, 1.54) is 0 Å². The van der Waals surface area contributed by atoms with Crippen molar-refractivity contribution in [1.82, 2.24) is 19.3 Å². The molecule has 0 aliphatic heterocycles. The van der Waals surface area contributed by atoms with Gasteiger partial charge in [0.25, 0.3) is 5.91 Å². The van der Waals surface area contributed by atoms with E-state index in [-0.39, 0.29) is 5.91 Å². The summed E-state index contributed by atoms with van der Waals surface area (Å²) >= 11 is 5.90. The molecule has 27 heavy (non-hydrogen) atoms. The van der Waals surface area contributed by atoms with Crippen molar-refractivity contribution in [2.24, 2.45) is 0 Å². The second-order valence-corrected chi connectivity index (χ2v) is 6.62. The highest BCUT2D eigenvalue weighted by atomic mass is 35.5. The third-order valence-electron chi connectivity index (χ3n) is 4.32. The van der Waals surface area contributed by atoms with Crippen molar-refractivity contribution in [2.75, 3.05) is 5.32 Å². The second-order valence-electron chi connectivity index (χ2n) is 6.19. The number of aryl methyl sites for hydroxylation is 2. The summed E-state index contributed by atoms with van der Waals surface area (Å²) in [5.41, 5.74) is 3.22. The van der Waals surface area contributed by atoms with E-state index in [0.717, 1.165) is 23.3 Å². The molecule has 1 amide bonds. The Hall–Kier alpha value is -3.12. The minimum atomic E-state index is -0.230. The SMILES string of the molecule is CCn1c(-n2nc(C)cc2NC(=O)c2ccc(Cl)cc2)nc2ccccc21. The highest BCUT2D eigenvalue weighted by molar-refractivity contribution is 6.30. The fourth-order valence-electron chi connectivity index (χ4n) is 3.07. The Morgan fingerprint density at radius 2 is 1.89 bits per heavy atom. The van der Waals surface area contributed by atoms with Gasteiger partial charge in [0, 0.05) is 23.2 Å². The number of fused-ring (bicyclic) bond motifs is 1. The standard InChI is InChI=1S/C20H18ClN5O/c1-3-25-17-7-5-4-6-16(17)22-20(25)26-18(12-13(2)24-26)23-19(27)14-8-10-15(21)11-9-14/h4-12H,3H2,1-2H3,(H,23,27). The molecule has 4 aromatic rings. The number of amides is 1. The molecule has 2 aromatic heterocycles. The number of aromatic nitrogens is 4.